The molecule has 1 fully saturated rings. The molecule has 2 heterocycles. The summed E-state index contributed by atoms with van der Waals surface area (Å²) in [6, 6.07) is 1.93. The van der Waals surface area contributed by atoms with Crippen LogP contribution in [0.2, 0.25) is 0 Å². The number of aliphatic hydroxyl groups excluding tert-OH is 1. The molecule has 0 saturated carbocycles. The third-order valence-electron chi connectivity index (χ3n) is 3.24. The summed E-state index contributed by atoms with van der Waals surface area (Å²) in [5.74, 6) is 2.27. The van der Waals surface area contributed by atoms with Crippen LogP contribution in [0.25, 0.3) is 0 Å². The number of nitrogens with one attached hydrogen (secondary N) is 1. The van der Waals surface area contributed by atoms with Crippen LogP contribution in [0, 0.1) is 0 Å². The van der Waals surface area contributed by atoms with E-state index in [-0.39, 0.29) is 18.8 Å². The summed E-state index contributed by atoms with van der Waals surface area (Å²) in [6.45, 7) is 6.56. The lowest BCUT2D eigenvalue weighted by atomic mass is 10.2. The van der Waals surface area contributed by atoms with Crippen LogP contribution in [-0.4, -0.2) is 60.6 Å². The number of nitrogens with zero attached hydrogens (tertiary/aromatic N) is 3. The van der Waals surface area contributed by atoms with Crippen LogP contribution < -0.4 is 10.2 Å². The normalized spacial score (nSPS) is 22.4. The summed E-state index contributed by atoms with van der Waals surface area (Å²) < 4.78 is 10.8. The predicted molar refractivity (Wildman–Crippen MR) is 80.5 cm³/mol. The van der Waals surface area contributed by atoms with Gasteiger partial charge in [-0.05, 0) is 13.8 Å². The molecule has 0 spiro atoms. The molecular formula is C14H24N4O3. The lowest BCUT2D eigenvalue weighted by Gasteiger charge is -2.37. The average molecular weight is 296 g/mol. The van der Waals surface area contributed by atoms with Gasteiger partial charge in [0.2, 0.25) is 0 Å². The fourth-order valence-electron chi connectivity index (χ4n) is 2.44. The maximum absolute atomic E-state index is 9.33. The first kappa shape index (κ1) is 15.9. The number of hydrogen-bond donors (Lipinski definition) is 2. The van der Waals surface area contributed by atoms with Gasteiger partial charge in [-0.3, -0.25) is 0 Å². The number of methoxy groups -OCH3 is 1. The number of morpholine rings is 1. The molecule has 1 aliphatic rings. The largest absolute Gasteiger partial charge is 0.394 e. The number of aromatic nitrogens is 2. The van der Waals surface area contributed by atoms with Gasteiger partial charge in [0.05, 0.1) is 18.8 Å². The molecule has 2 rings (SSSR count). The van der Waals surface area contributed by atoms with Gasteiger partial charge in [-0.15, -0.1) is 0 Å². The fraction of sp³-hybridized carbons (Fsp3) is 0.714. The van der Waals surface area contributed by atoms with E-state index in [2.05, 4.69) is 20.2 Å². The molecule has 2 N–H and O–H groups in total. The lowest BCUT2D eigenvalue weighted by Crippen LogP contribution is -2.48. The smallest absolute Gasteiger partial charge is 0.158 e. The van der Waals surface area contributed by atoms with E-state index >= 15 is 0 Å². The molecule has 0 aromatic carbocycles. The molecule has 118 valence electrons. The quantitative estimate of drug-likeness (QED) is 0.797. The molecular weight excluding hydrogens is 272 g/mol. The first-order valence-corrected chi connectivity index (χ1v) is 7.28. The molecule has 0 amide bonds. The zero-order valence-electron chi connectivity index (χ0n) is 12.9. The van der Waals surface area contributed by atoms with Crippen molar-refractivity contribution in [1.82, 2.24) is 9.97 Å². The minimum absolute atomic E-state index is 0.0108. The Morgan fingerprint density at radius 2 is 2.29 bits per heavy atom. The molecule has 2 unspecified atom stereocenters. The third kappa shape index (κ3) is 4.26. The Kier molecular flexibility index (Phi) is 5.72. The minimum Gasteiger partial charge on any atom is -0.394 e. The second-order valence-electron chi connectivity index (χ2n) is 5.15. The molecule has 1 saturated heterocycles. The van der Waals surface area contributed by atoms with E-state index in [0.29, 0.717) is 19.0 Å². The second-order valence-corrected chi connectivity index (χ2v) is 5.15. The molecule has 1 aliphatic heterocycles. The molecule has 0 radical (unpaired) electrons. The van der Waals surface area contributed by atoms with Crippen molar-refractivity contribution in [2.75, 3.05) is 43.6 Å². The van der Waals surface area contributed by atoms with Gasteiger partial charge in [-0.1, -0.05) is 0 Å². The molecule has 2 atom stereocenters. The Labute approximate surface area is 125 Å². The van der Waals surface area contributed by atoms with Crippen LogP contribution in [0.5, 0.6) is 0 Å². The van der Waals surface area contributed by atoms with E-state index in [9.17, 15) is 5.11 Å². The van der Waals surface area contributed by atoms with Crippen LogP contribution in [0.15, 0.2) is 6.07 Å². The Bertz CT molecular complexity index is 434. The maximum atomic E-state index is 9.33. The first-order valence-electron chi connectivity index (χ1n) is 7.28. The van der Waals surface area contributed by atoms with Crippen molar-refractivity contribution < 1.29 is 14.6 Å². The van der Waals surface area contributed by atoms with Crippen LogP contribution >= 0.6 is 0 Å². The summed E-state index contributed by atoms with van der Waals surface area (Å²) in [7, 11) is 1.63. The van der Waals surface area contributed by atoms with E-state index in [4.69, 9.17) is 9.47 Å². The van der Waals surface area contributed by atoms with Gasteiger partial charge in [-0.2, -0.15) is 0 Å². The molecule has 7 nitrogen and oxygen atoms in total. The van der Waals surface area contributed by atoms with Crippen molar-refractivity contribution in [3.8, 4) is 0 Å². The number of aliphatic hydroxyl groups is 1. The van der Waals surface area contributed by atoms with Crippen molar-refractivity contribution in [3.05, 3.63) is 11.9 Å². The van der Waals surface area contributed by atoms with Crippen LogP contribution in [-0.2, 0) is 16.1 Å². The Hall–Kier alpha value is -1.44. The number of ether oxygens (including phenoxy) is 2. The highest BCUT2D eigenvalue weighted by Gasteiger charge is 2.26. The molecule has 0 aliphatic carbocycles. The van der Waals surface area contributed by atoms with Gasteiger partial charge in [0.1, 0.15) is 18.2 Å². The Morgan fingerprint density at radius 3 is 2.95 bits per heavy atom. The summed E-state index contributed by atoms with van der Waals surface area (Å²) >= 11 is 0. The highest BCUT2D eigenvalue weighted by atomic mass is 16.5. The number of rotatable bonds is 6. The first-order chi connectivity index (χ1) is 10.2. The van der Waals surface area contributed by atoms with Crippen molar-refractivity contribution >= 4 is 11.6 Å². The van der Waals surface area contributed by atoms with Crippen molar-refractivity contribution in [3.63, 3.8) is 0 Å². The van der Waals surface area contributed by atoms with Gasteiger partial charge in [0.25, 0.3) is 0 Å². The zero-order valence-corrected chi connectivity index (χ0v) is 12.9. The van der Waals surface area contributed by atoms with Gasteiger partial charge in [-0.25, -0.2) is 9.97 Å². The van der Waals surface area contributed by atoms with Crippen LogP contribution in [0.1, 0.15) is 19.7 Å². The van der Waals surface area contributed by atoms with Gasteiger partial charge >= 0.3 is 0 Å². The van der Waals surface area contributed by atoms with E-state index in [1.54, 1.807) is 7.11 Å². The Morgan fingerprint density at radius 1 is 1.48 bits per heavy atom. The van der Waals surface area contributed by atoms with E-state index < -0.39 is 0 Å². The van der Waals surface area contributed by atoms with Crippen molar-refractivity contribution in [1.29, 1.82) is 0 Å². The van der Waals surface area contributed by atoms with E-state index in [1.807, 2.05) is 19.9 Å². The number of anilines is 2. The zero-order chi connectivity index (χ0) is 15.2. The SMILES string of the molecule is CCNc1cc(N2CC(C)OC(CO)C2)nc(COC)n1. The summed E-state index contributed by atoms with van der Waals surface area (Å²) in [6.07, 6.45) is -0.128. The van der Waals surface area contributed by atoms with Crippen LogP contribution in [0.3, 0.4) is 0 Å². The summed E-state index contributed by atoms with van der Waals surface area (Å²) in [5.41, 5.74) is 0. The molecule has 1 aromatic heterocycles. The predicted octanol–water partition coefficient (Wildman–Crippen LogP) is 0.641. The molecule has 1 aromatic rings. The minimum atomic E-state index is -0.183. The fourth-order valence-corrected chi connectivity index (χ4v) is 2.44. The van der Waals surface area contributed by atoms with Gasteiger partial charge in [0, 0.05) is 32.8 Å². The van der Waals surface area contributed by atoms with E-state index in [1.165, 1.54) is 0 Å². The monoisotopic (exact) mass is 296 g/mol. The highest BCUT2D eigenvalue weighted by Crippen LogP contribution is 2.21. The second kappa shape index (κ2) is 7.53. The van der Waals surface area contributed by atoms with Gasteiger partial charge in [0.15, 0.2) is 5.82 Å². The maximum Gasteiger partial charge on any atom is 0.158 e. The van der Waals surface area contributed by atoms with Crippen molar-refractivity contribution in [2.24, 2.45) is 0 Å². The lowest BCUT2D eigenvalue weighted by molar-refractivity contribution is -0.0423. The summed E-state index contributed by atoms with van der Waals surface area (Å²) in [4.78, 5) is 11.1. The van der Waals surface area contributed by atoms with E-state index in [0.717, 1.165) is 24.7 Å². The highest BCUT2D eigenvalue weighted by molar-refractivity contribution is 5.50. The molecule has 7 heteroatoms. The summed E-state index contributed by atoms with van der Waals surface area (Å²) in [5, 5.41) is 12.5. The third-order valence-corrected chi connectivity index (χ3v) is 3.24. The molecule has 0 bridgehead atoms. The Balaban J connectivity index is 2.23. The topological polar surface area (TPSA) is 79.7 Å². The number of hydrogen-bond acceptors (Lipinski definition) is 7. The van der Waals surface area contributed by atoms with Crippen LogP contribution in [0.4, 0.5) is 11.6 Å². The van der Waals surface area contributed by atoms with Gasteiger partial charge < -0.3 is 24.8 Å². The van der Waals surface area contributed by atoms with Crippen molar-refractivity contribution in [2.45, 2.75) is 32.7 Å². The molecule has 21 heavy (non-hydrogen) atoms. The average Bonchev–Trinajstić information content (AvgIpc) is 2.47. The standard InChI is InChI=1S/C14H24N4O3/c1-4-15-12-5-14(17-13(16-12)9-20-3)18-6-10(2)21-11(7-18)8-19/h5,10-11,19H,4,6-9H2,1-3H3,(H,15,16,17).